The molecule has 1 aromatic carbocycles. The van der Waals surface area contributed by atoms with Crippen LogP contribution in [0.2, 0.25) is 0 Å². The summed E-state index contributed by atoms with van der Waals surface area (Å²) in [5, 5.41) is 12.6. The molecule has 0 aromatic heterocycles. The molecule has 1 rings (SSSR count). The van der Waals surface area contributed by atoms with Gasteiger partial charge in [-0.05, 0) is 25.1 Å². The maximum atomic E-state index is 9.56. The normalized spacial score (nSPS) is 12.4. The highest BCUT2D eigenvalue weighted by atomic mass is 16.5. The SMILES string of the molecule is CCCCNC(O)CCOc1ccccc1. The third-order valence-electron chi connectivity index (χ3n) is 2.31. The van der Waals surface area contributed by atoms with E-state index in [1.165, 1.54) is 0 Å². The van der Waals surface area contributed by atoms with Crippen LogP contribution in [0, 0.1) is 0 Å². The van der Waals surface area contributed by atoms with Crippen molar-refractivity contribution in [2.75, 3.05) is 13.2 Å². The van der Waals surface area contributed by atoms with Crippen LogP contribution < -0.4 is 10.1 Å². The van der Waals surface area contributed by atoms with Crippen LogP contribution in [0.15, 0.2) is 30.3 Å². The van der Waals surface area contributed by atoms with E-state index in [1.807, 2.05) is 30.3 Å². The first-order chi connectivity index (χ1) is 7.83. The fourth-order valence-corrected chi connectivity index (χ4v) is 1.35. The zero-order chi connectivity index (χ0) is 11.6. The molecule has 1 unspecified atom stereocenters. The van der Waals surface area contributed by atoms with Crippen molar-refractivity contribution in [2.45, 2.75) is 32.4 Å². The standard InChI is InChI=1S/C13H21NO2/c1-2-3-10-14-13(15)9-11-16-12-7-5-4-6-8-12/h4-8,13-15H,2-3,9-11H2,1H3. The Morgan fingerprint density at radius 2 is 2.06 bits per heavy atom. The molecule has 90 valence electrons. The van der Waals surface area contributed by atoms with Gasteiger partial charge in [0.2, 0.25) is 0 Å². The van der Waals surface area contributed by atoms with E-state index in [0.717, 1.165) is 25.1 Å². The first-order valence-corrected chi connectivity index (χ1v) is 5.92. The highest BCUT2D eigenvalue weighted by Crippen LogP contribution is 2.08. The van der Waals surface area contributed by atoms with E-state index in [0.29, 0.717) is 13.0 Å². The van der Waals surface area contributed by atoms with E-state index >= 15 is 0 Å². The molecule has 0 saturated heterocycles. The third kappa shape index (κ3) is 5.73. The van der Waals surface area contributed by atoms with E-state index in [-0.39, 0.29) is 0 Å². The molecule has 0 fully saturated rings. The van der Waals surface area contributed by atoms with Gasteiger partial charge in [0.05, 0.1) is 6.61 Å². The third-order valence-corrected chi connectivity index (χ3v) is 2.31. The maximum absolute atomic E-state index is 9.56. The first-order valence-electron chi connectivity index (χ1n) is 5.92. The second-order valence-electron chi connectivity index (χ2n) is 3.77. The molecule has 2 N–H and O–H groups in total. The van der Waals surface area contributed by atoms with Crippen LogP contribution in [0.3, 0.4) is 0 Å². The molecule has 3 heteroatoms. The number of unbranched alkanes of at least 4 members (excludes halogenated alkanes) is 1. The molecular formula is C13H21NO2. The predicted molar refractivity (Wildman–Crippen MR) is 65.5 cm³/mol. The van der Waals surface area contributed by atoms with Gasteiger partial charge >= 0.3 is 0 Å². The van der Waals surface area contributed by atoms with Crippen molar-refractivity contribution in [3.8, 4) is 5.75 Å². The number of ether oxygens (including phenoxy) is 1. The topological polar surface area (TPSA) is 41.5 Å². The molecule has 0 spiro atoms. The van der Waals surface area contributed by atoms with Crippen LogP contribution in [-0.4, -0.2) is 24.5 Å². The lowest BCUT2D eigenvalue weighted by Crippen LogP contribution is -2.31. The summed E-state index contributed by atoms with van der Waals surface area (Å²) in [6, 6.07) is 9.65. The molecule has 0 aliphatic rings. The van der Waals surface area contributed by atoms with Crippen LogP contribution in [0.5, 0.6) is 5.75 Å². The Bertz CT molecular complexity index is 264. The van der Waals surface area contributed by atoms with Crippen LogP contribution >= 0.6 is 0 Å². The molecule has 0 saturated carbocycles. The van der Waals surface area contributed by atoms with Crippen LogP contribution in [0.4, 0.5) is 0 Å². The minimum absolute atomic E-state index is 0.463. The maximum Gasteiger partial charge on any atom is 0.119 e. The quantitative estimate of drug-likeness (QED) is 0.524. The monoisotopic (exact) mass is 223 g/mol. The highest BCUT2D eigenvalue weighted by molar-refractivity contribution is 5.20. The average molecular weight is 223 g/mol. The van der Waals surface area contributed by atoms with E-state index in [4.69, 9.17) is 4.74 Å². The van der Waals surface area contributed by atoms with Gasteiger partial charge in [-0.3, -0.25) is 5.32 Å². The number of nitrogens with one attached hydrogen (secondary N) is 1. The average Bonchev–Trinajstić information content (AvgIpc) is 2.31. The fourth-order valence-electron chi connectivity index (χ4n) is 1.35. The molecule has 0 aliphatic heterocycles. The molecule has 1 aromatic rings. The second-order valence-corrected chi connectivity index (χ2v) is 3.77. The van der Waals surface area contributed by atoms with Gasteiger partial charge in [-0.1, -0.05) is 31.5 Å². The van der Waals surface area contributed by atoms with Gasteiger partial charge < -0.3 is 9.84 Å². The zero-order valence-electron chi connectivity index (χ0n) is 9.86. The van der Waals surface area contributed by atoms with Crippen molar-refractivity contribution >= 4 is 0 Å². The zero-order valence-corrected chi connectivity index (χ0v) is 9.86. The van der Waals surface area contributed by atoms with Gasteiger partial charge in [-0.15, -0.1) is 0 Å². The lowest BCUT2D eigenvalue weighted by atomic mass is 10.3. The number of hydrogen-bond acceptors (Lipinski definition) is 3. The highest BCUT2D eigenvalue weighted by Gasteiger charge is 2.02. The number of benzene rings is 1. The van der Waals surface area contributed by atoms with Gasteiger partial charge in [-0.2, -0.15) is 0 Å². The summed E-state index contributed by atoms with van der Waals surface area (Å²) in [7, 11) is 0. The van der Waals surface area contributed by atoms with Crippen molar-refractivity contribution in [1.82, 2.24) is 5.32 Å². The summed E-state index contributed by atoms with van der Waals surface area (Å²) < 4.78 is 5.48. The Kier molecular flexibility index (Phi) is 6.61. The van der Waals surface area contributed by atoms with E-state index < -0.39 is 6.23 Å². The number of para-hydroxylation sites is 1. The van der Waals surface area contributed by atoms with Gasteiger partial charge in [0.15, 0.2) is 0 Å². The number of hydrogen-bond donors (Lipinski definition) is 2. The molecule has 0 radical (unpaired) electrons. The second kappa shape index (κ2) is 8.13. The van der Waals surface area contributed by atoms with Crippen molar-refractivity contribution < 1.29 is 9.84 Å². The molecule has 0 heterocycles. The van der Waals surface area contributed by atoms with E-state index in [2.05, 4.69) is 12.2 Å². The lowest BCUT2D eigenvalue weighted by Gasteiger charge is -2.13. The fraction of sp³-hybridized carbons (Fsp3) is 0.538. The Balaban J connectivity index is 2.06. The van der Waals surface area contributed by atoms with Crippen molar-refractivity contribution in [1.29, 1.82) is 0 Å². The van der Waals surface area contributed by atoms with Crippen molar-refractivity contribution in [2.24, 2.45) is 0 Å². The molecule has 16 heavy (non-hydrogen) atoms. The van der Waals surface area contributed by atoms with Gasteiger partial charge in [-0.25, -0.2) is 0 Å². The summed E-state index contributed by atoms with van der Waals surface area (Å²) in [5.41, 5.74) is 0. The summed E-state index contributed by atoms with van der Waals surface area (Å²) in [6.45, 7) is 3.53. The minimum Gasteiger partial charge on any atom is -0.493 e. The first kappa shape index (κ1) is 13.0. The molecule has 0 aliphatic carbocycles. The van der Waals surface area contributed by atoms with Crippen LogP contribution in [-0.2, 0) is 0 Å². The Labute approximate surface area is 97.4 Å². The largest absolute Gasteiger partial charge is 0.493 e. The van der Waals surface area contributed by atoms with Crippen LogP contribution in [0.1, 0.15) is 26.2 Å². The van der Waals surface area contributed by atoms with Crippen molar-refractivity contribution in [3.05, 3.63) is 30.3 Å². The van der Waals surface area contributed by atoms with Gasteiger partial charge in [0.1, 0.15) is 12.0 Å². The smallest absolute Gasteiger partial charge is 0.119 e. The Morgan fingerprint density at radius 1 is 1.31 bits per heavy atom. The summed E-state index contributed by atoms with van der Waals surface area (Å²) >= 11 is 0. The Hall–Kier alpha value is -1.06. The van der Waals surface area contributed by atoms with E-state index in [1.54, 1.807) is 0 Å². The number of rotatable bonds is 8. The van der Waals surface area contributed by atoms with Gasteiger partial charge in [0.25, 0.3) is 0 Å². The summed E-state index contributed by atoms with van der Waals surface area (Å²) in [4.78, 5) is 0. The lowest BCUT2D eigenvalue weighted by molar-refractivity contribution is 0.108. The molecule has 0 amide bonds. The Morgan fingerprint density at radius 3 is 2.75 bits per heavy atom. The van der Waals surface area contributed by atoms with Crippen molar-refractivity contribution in [3.63, 3.8) is 0 Å². The number of aliphatic hydroxyl groups excluding tert-OH is 1. The predicted octanol–water partition coefficient (Wildman–Crippen LogP) is 2.16. The van der Waals surface area contributed by atoms with E-state index in [9.17, 15) is 5.11 Å². The molecule has 1 atom stereocenters. The molecular weight excluding hydrogens is 202 g/mol. The van der Waals surface area contributed by atoms with Gasteiger partial charge in [0, 0.05) is 6.42 Å². The summed E-state index contributed by atoms with van der Waals surface area (Å²) in [6.07, 6.45) is 2.38. The summed E-state index contributed by atoms with van der Waals surface area (Å²) in [5.74, 6) is 0.850. The molecule has 0 bridgehead atoms. The minimum atomic E-state index is -0.463. The number of aliphatic hydroxyl groups is 1. The van der Waals surface area contributed by atoms with Crippen LogP contribution in [0.25, 0.3) is 0 Å². The molecule has 3 nitrogen and oxygen atoms in total.